The highest BCUT2D eigenvalue weighted by Crippen LogP contribution is 2.41. The number of fused-ring (bicyclic) bond motifs is 2. The van der Waals surface area contributed by atoms with Crippen LogP contribution in [0.4, 0.5) is 0 Å². The minimum Gasteiger partial charge on any atom is -0.0616 e. The monoisotopic (exact) mass is 218 g/mol. The Morgan fingerprint density at radius 2 is 1.29 bits per heavy atom. The largest absolute Gasteiger partial charge is 0.0616 e. The zero-order valence-corrected chi connectivity index (χ0v) is 9.69. The summed E-state index contributed by atoms with van der Waals surface area (Å²) < 4.78 is 0. The number of benzene rings is 3. The van der Waals surface area contributed by atoms with Crippen molar-refractivity contribution < 1.29 is 0 Å². The first kappa shape index (κ1) is 9.23. The van der Waals surface area contributed by atoms with E-state index in [2.05, 4.69) is 54.6 Å². The summed E-state index contributed by atoms with van der Waals surface area (Å²) >= 11 is 0. The first-order valence-corrected chi connectivity index (χ1v) is 6.33. The predicted molar refractivity (Wildman–Crippen MR) is 73.4 cm³/mol. The van der Waals surface area contributed by atoms with Crippen molar-refractivity contribution in [2.24, 2.45) is 0 Å². The number of hydrogen-bond donors (Lipinski definition) is 0. The van der Waals surface area contributed by atoms with Crippen LogP contribution in [-0.4, -0.2) is 0 Å². The molecule has 0 heteroatoms. The van der Waals surface area contributed by atoms with Gasteiger partial charge in [0.05, 0.1) is 0 Å². The molecule has 0 amide bonds. The van der Waals surface area contributed by atoms with Crippen LogP contribution in [0.3, 0.4) is 0 Å². The lowest BCUT2D eigenvalue weighted by Gasteiger charge is -2.04. The Morgan fingerprint density at radius 1 is 0.647 bits per heavy atom. The van der Waals surface area contributed by atoms with Gasteiger partial charge >= 0.3 is 0 Å². The van der Waals surface area contributed by atoms with Gasteiger partial charge in [0.25, 0.3) is 0 Å². The summed E-state index contributed by atoms with van der Waals surface area (Å²) in [6.07, 6.45) is 2.75. The molecule has 0 aliphatic heterocycles. The average Bonchev–Trinajstić information content (AvgIpc) is 3.20. The molecule has 17 heavy (non-hydrogen) atoms. The summed E-state index contributed by atoms with van der Waals surface area (Å²) in [5, 5.41) is 5.41. The number of hydrogen-bond acceptors (Lipinski definition) is 0. The highest BCUT2D eigenvalue weighted by Gasteiger charge is 2.23. The van der Waals surface area contributed by atoms with E-state index in [1.54, 1.807) is 0 Å². The topological polar surface area (TPSA) is 0 Å². The van der Waals surface area contributed by atoms with Gasteiger partial charge in [-0.25, -0.2) is 0 Å². The quantitative estimate of drug-likeness (QED) is 0.511. The first-order valence-electron chi connectivity index (χ1n) is 6.33. The van der Waals surface area contributed by atoms with E-state index >= 15 is 0 Å². The first-order chi connectivity index (χ1) is 8.40. The lowest BCUT2D eigenvalue weighted by atomic mass is 10.0. The molecule has 1 aliphatic carbocycles. The van der Waals surface area contributed by atoms with Crippen molar-refractivity contribution in [2.75, 3.05) is 0 Å². The summed E-state index contributed by atoms with van der Waals surface area (Å²) in [6.45, 7) is 0. The van der Waals surface area contributed by atoms with Gasteiger partial charge in [0.1, 0.15) is 0 Å². The van der Waals surface area contributed by atoms with Crippen LogP contribution >= 0.6 is 0 Å². The fraction of sp³-hybridized carbons (Fsp3) is 0.176. The average molecular weight is 218 g/mol. The summed E-state index contributed by atoms with van der Waals surface area (Å²) in [6, 6.07) is 20.1. The van der Waals surface area contributed by atoms with Crippen molar-refractivity contribution in [1.82, 2.24) is 0 Å². The smallest absolute Gasteiger partial charge is 0.0161 e. The van der Waals surface area contributed by atoms with Crippen LogP contribution in [0.2, 0.25) is 0 Å². The molecule has 0 radical (unpaired) electrons. The molecular weight excluding hydrogens is 204 g/mol. The Labute approximate surface area is 101 Å². The van der Waals surface area contributed by atoms with Crippen molar-refractivity contribution in [1.29, 1.82) is 0 Å². The molecule has 0 saturated heterocycles. The van der Waals surface area contributed by atoms with Gasteiger partial charge in [-0.3, -0.25) is 0 Å². The molecular formula is C17H14. The zero-order valence-electron chi connectivity index (χ0n) is 9.69. The molecule has 1 fully saturated rings. The third-order valence-corrected chi connectivity index (χ3v) is 3.78. The van der Waals surface area contributed by atoms with Crippen molar-refractivity contribution in [3.63, 3.8) is 0 Å². The van der Waals surface area contributed by atoms with Gasteiger partial charge in [0, 0.05) is 0 Å². The molecule has 0 spiro atoms. The van der Waals surface area contributed by atoms with Crippen LogP contribution in [-0.2, 0) is 0 Å². The zero-order chi connectivity index (χ0) is 11.2. The Kier molecular flexibility index (Phi) is 1.81. The maximum absolute atomic E-state index is 2.37. The summed E-state index contributed by atoms with van der Waals surface area (Å²) in [7, 11) is 0. The Hall–Kier alpha value is -1.82. The molecule has 0 heterocycles. The van der Waals surface area contributed by atoms with Crippen LogP contribution in [0.1, 0.15) is 24.3 Å². The minimum absolute atomic E-state index is 0.839. The van der Waals surface area contributed by atoms with Crippen molar-refractivity contribution in [2.45, 2.75) is 18.8 Å². The molecule has 3 aromatic rings. The minimum atomic E-state index is 0.839. The SMILES string of the molecule is c1ccc2cc3cc(C4CC4)ccc3cc2c1. The van der Waals surface area contributed by atoms with Gasteiger partial charge in [-0.2, -0.15) is 0 Å². The summed E-state index contributed by atoms with van der Waals surface area (Å²) in [5.74, 6) is 0.839. The second kappa shape index (κ2) is 3.33. The highest BCUT2D eigenvalue weighted by molar-refractivity contribution is 5.98. The highest BCUT2D eigenvalue weighted by atomic mass is 14.3. The number of rotatable bonds is 1. The van der Waals surface area contributed by atoms with Crippen molar-refractivity contribution >= 4 is 21.5 Å². The van der Waals surface area contributed by atoms with Gasteiger partial charge in [-0.15, -0.1) is 0 Å². The van der Waals surface area contributed by atoms with E-state index in [-0.39, 0.29) is 0 Å². The maximum Gasteiger partial charge on any atom is -0.0161 e. The van der Waals surface area contributed by atoms with E-state index in [4.69, 9.17) is 0 Å². The van der Waals surface area contributed by atoms with E-state index in [0.29, 0.717) is 0 Å². The summed E-state index contributed by atoms with van der Waals surface area (Å²) in [5.41, 5.74) is 1.52. The Balaban J connectivity index is 2.02. The Bertz CT molecular complexity index is 705. The molecule has 82 valence electrons. The lowest BCUT2D eigenvalue weighted by molar-refractivity contribution is 1.14. The molecule has 0 unspecified atom stereocenters. The van der Waals surface area contributed by atoms with E-state index in [0.717, 1.165) is 5.92 Å². The van der Waals surface area contributed by atoms with Crippen LogP contribution < -0.4 is 0 Å². The van der Waals surface area contributed by atoms with Crippen molar-refractivity contribution in [3.8, 4) is 0 Å². The molecule has 0 bridgehead atoms. The molecule has 0 nitrogen and oxygen atoms in total. The van der Waals surface area contributed by atoms with Crippen LogP contribution in [0, 0.1) is 0 Å². The molecule has 3 aromatic carbocycles. The van der Waals surface area contributed by atoms with Crippen LogP contribution in [0.25, 0.3) is 21.5 Å². The molecule has 0 atom stereocenters. The van der Waals surface area contributed by atoms with Crippen LogP contribution in [0.15, 0.2) is 54.6 Å². The third-order valence-electron chi connectivity index (χ3n) is 3.78. The van der Waals surface area contributed by atoms with Gasteiger partial charge in [0.2, 0.25) is 0 Å². The molecule has 4 rings (SSSR count). The fourth-order valence-electron chi connectivity index (χ4n) is 2.63. The predicted octanol–water partition coefficient (Wildman–Crippen LogP) is 4.87. The van der Waals surface area contributed by atoms with Gasteiger partial charge in [-0.1, -0.05) is 42.5 Å². The maximum atomic E-state index is 2.37. The summed E-state index contributed by atoms with van der Waals surface area (Å²) in [4.78, 5) is 0. The second-order valence-corrected chi connectivity index (χ2v) is 5.08. The van der Waals surface area contributed by atoms with Gasteiger partial charge in [-0.05, 0) is 58.0 Å². The van der Waals surface area contributed by atoms with Gasteiger partial charge < -0.3 is 0 Å². The molecule has 1 saturated carbocycles. The third kappa shape index (κ3) is 1.52. The fourth-order valence-corrected chi connectivity index (χ4v) is 2.63. The Morgan fingerprint density at radius 3 is 2.00 bits per heavy atom. The van der Waals surface area contributed by atoms with Gasteiger partial charge in [0.15, 0.2) is 0 Å². The normalized spacial score (nSPS) is 15.5. The van der Waals surface area contributed by atoms with Crippen molar-refractivity contribution in [3.05, 3.63) is 60.2 Å². The molecule has 0 N–H and O–H groups in total. The standard InChI is InChI=1S/C17H14/c1-2-4-14-10-17-11-15(12-5-6-12)7-8-16(17)9-13(14)3-1/h1-4,7-12H,5-6H2. The molecule has 1 aliphatic rings. The van der Waals surface area contributed by atoms with E-state index in [1.165, 1.54) is 39.9 Å². The lowest BCUT2D eigenvalue weighted by Crippen LogP contribution is -1.81. The molecule has 0 aromatic heterocycles. The second-order valence-electron chi connectivity index (χ2n) is 5.08. The van der Waals surface area contributed by atoms with E-state index in [9.17, 15) is 0 Å². The van der Waals surface area contributed by atoms with E-state index in [1.807, 2.05) is 0 Å². The van der Waals surface area contributed by atoms with E-state index < -0.39 is 0 Å². The van der Waals surface area contributed by atoms with Crippen LogP contribution in [0.5, 0.6) is 0 Å².